The zero-order chi connectivity index (χ0) is 12.7. The maximum atomic E-state index is 11.4. The van der Waals surface area contributed by atoms with E-state index in [4.69, 9.17) is 11.6 Å². The van der Waals surface area contributed by atoms with Crippen molar-refractivity contribution < 1.29 is 43.1 Å². The van der Waals surface area contributed by atoms with Crippen molar-refractivity contribution in [2.75, 3.05) is 11.2 Å². The van der Waals surface area contributed by atoms with Gasteiger partial charge in [0.15, 0.2) is 0 Å². The first-order valence-corrected chi connectivity index (χ1v) is 6.79. The molecule has 7 heteroatoms. The van der Waals surface area contributed by atoms with Crippen molar-refractivity contribution in [3.63, 3.8) is 0 Å². The van der Waals surface area contributed by atoms with Gasteiger partial charge in [0.25, 0.3) is 0 Å². The quantitative estimate of drug-likeness (QED) is 0.326. The minimum atomic E-state index is -2.23. The number of halogens is 1. The molecule has 1 N–H and O–H groups in total. The normalized spacial score (nSPS) is 11.4. The van der Waals surface area contributed by atoms with Gasteiger partial charge < -0.3 is 9.87 Å². The Labute approximate surface area is 136 Å². The number of anilines is 1. The van der Waals surface area contributed by atoms with Crippen LogP contribution in [0.5, 0.6) is 0 Å². The minimum Gasteiger partial charge on any atom is -0.768 e. The van der Waals surface area contributed by atoms with Gasteiger partial charge in [-0.1, -0.05) is 0 Å². The number of rotatable bonds is 6. The standard InChI is InChI=1S/C11H14ClNO3S.Na/c12-8-2-1-3-11(14)13-9-4-6-10(7-5-9)17(15)16;/h4-7H,1-3,8H2,(H,13,14)(H,15,16);/q;+1/p-1. The molecule has 0 aliphatic rings. The molecule has 4 nitrogen and oxygen atoms in total. The Bertz CT molecular complexity index is 400. The Morgan fingerprint density at radius 3 is 2.39 bits per heavy atom. The zero-order valence-corrected chi connectivity index (χ0v) is 13.7. The van der Waals surface area contributed by atoms with Crippen LogP contribution in [0.3, 0.4) is 0 Å². The van der Waals surface area contributed by atoms with E-state index in [0.29, 0.717) is 18.0 Å². The second-order valence-corrected chi connectivity index (χ2v) is 4.77. The second-order valence-electron chi connectivity index (χ2n) is 3.45. The Balaban J connectivity index is 0.00000289. The summed E-state index contributed by atoms with van der Waals surface area (Å²) in [5.74, 6) is 0.461. The Hall–Kier alpha value is 0.0900. The molecule has 94 valence electrons. The number of hydrogen-bond donors (Lipinski definition) is 1. The summed E-state index contributed by atoms with van der Waals surface area (Å²) in [6.07, 6.45) is 1.98. The third-order valence-electron chi connectivity index (χ3n) is 2.12. The van der Waals surface area contributed by atoms with Crippen molar-refractivity contribution in [1.82, 2.24) is 0 Å². The zero-order valence-electron chi connectivity index (χ0n) is 10.1. The van der Waals surface area contributed by atoms with Crippen LogP contribution in [0.15, 0.2) is 29.2 Å². The van der Waals surface area contributed by atoms with Crippen molar-refractivity contribution in [1.29, 1.82) is 0 Å². The first kappa shape index (κ1) is 18.1. The molecule has 1 unspecified atom stereocenters. The van der Waals surface area contributed by atoms with Crippen molar-refractivity contribution in [2.45, 2.75) is 24.2 Å². The molecule has 1 rings (SSSR count). The van der Waals surface area contributed by atoms with Gasteiger partial charge in [0.05, 0.1) is 0 Å². The molecule has 1 atom stereocenters. The van der Waals surface area contributed by atoms with Gasteiger partial charge in [-0.3, -0.25) is 9.00 Å². The van der Waals surface area contributed by atoms with Crippen LogP contribution < -0.4 is 34.9 Å². The van der Waals surface area contributed by atoms with Crippen molar-refractivity contribution in [3.8, 4) is 0 Å². The average Bonchev–Trinajstić information content (AvgIpc) is 2.30. The van der Waals surface area contributed by atoms with Crippen molar-refractivity contribution >= 4 is 34.3 Å². The van der Waals surface area contributed by atoms with Crippen LogP contribution in [0.25, 0.3) is 0 Å². The van der Waals surface area contributed by atoms with E-state index in [0.717, 1.165) is 12.8 Å². The molecule has 18 heavy (non-hydrogen) atoms. The Morgan fingerprint density at radius 1 is 1.28 bits per heavy atom. The summed E-state index contributed by atoms with van der Waals surface area (Å²) in [5, 5.41) is 2.68. The fourth-order valence-electron chi connectivity index (χ4n) is 1.25. The summed E-state index contributed by atoms with van der Waals surface area (Å²) in [6.45, 7) is 0. The van der Waals surface area contributed by atoms with Crippen LogP contribution in [-0.2, 0) is 15.9 Å². The van der Waals surface area contributed by atoms with E-state index >= 15 is 0 Å². The van der Waals surface area contributed by atoms with Crippen LogP contribution in [-0.4, -0.2) is 20.5 Å². The largest absolute Gasteiger partial charge is 1.00 e. The van der Waals surface area contributed by atoms with Crippen LogP contribution in [0, 0.1) is 0 Å². The van der Waals surface area contributed by atoms with E-state index in [2.05, 4.69) is 5.32 Å². The maximum absolute atomic E-state index is 11.4. The van der Waals surface area contributed by atoms with Crippen LogP contribution in [0.4, 0.5) is 5.69 Å². The first-order chi connectivity index (χ1) is 8.13. The van der Waals surface area contributed by atoms with Crippen LogP contribution in [0.2, 0.25) is 0 Å². The molecule has 0 radical (unpaired) electrons. The predicted octanol–water partition coefficient (Wildman–Crippen LogP) is -0.724. The number of alkyl halides is 1. The number of hydrogen-bond acceptors (Lipinski definition) is 3. The van der Waals surface area contributed by atoms with E-state index in [1.54, 1.807) is 12.1 Å². The minimum absolute atomic E-state index is 0. The molecule has 0 saturated heterocycles. The number of carbonyl (C=O) groups excluding carboxylic acids is 1. The molecule has 1 amide bonds. The molecule has 0 aromatic heterocycles. The molecule has 0 aliphatic heterocycles. The predicted molar refractivity (Wildman–Crippen MR) is 66.8 cm³/mol. The summed E-state index contributed by atoms with van der Waals surface area (Å²) in [7, 11) is 0. The smallest absolute Gasteiger partial charge is 0.768 e. The summed E-state index contributed by atoms with van der Waals surface area (Å²) in [5.41, 5.74) is 0.593. The van der Waals surface area contributed by atoms with Crippen molar-refractivity contribution in [3.05, 3.63) is 24.3 Å². The van der Waals surface area contributed by atoms with Gasteiger partial charge >= 0.3 is 29.6 Å². The van der Waals surface area contributed by atoms with Gasteiger partial charge in [-0.25, -0.2) is 0 Å². The average molecular weight is 298 g/mol. The van der Waals surface area contributed by atoms with Gasteiger partial charge in [0.2, 0.25) is 5.91 Å². The van der Waals surface area contributed by atoms with Crippen molar-refractivity contribution in [2.24, 2.45) is 0 Å². The number of amides is 1. The van der Waals surface area contributed by atoms with E-state index in [1.807, 2.05) is 0 Å². The molecule has 0 heterocycles. The van der Waals surface area contributed by atoms with Gasteiger partial charge in [-0.15, -0.1) is 11.6 Å². The van der Waals surface area contributed by atoms with E-state index in [-0.39, 0.29) is 40.4 Å². The summed E-state index contributed by atoms with van der Waals surface area (Å²) >= 11 is 3.27. The van der Waals surface area contributed by atoms with Gasteiger partial charge in [-0.05, 0) is 48.2 Å². The van der Waals surface area contributed by atoms with Gasteiger partial charge in [0, 0.05) is 22.9 Å². The SMILES string of the molecule is O=C(CCCCCl)Nc1ccc(S(=O)[O-])cc1.[Na+]. The topological polar surface area (TPSA) is 69.2 Å². The summed E-state index contributed by atoms with van der Waals surface area (Å²) < 4.78 is 21.2. The summed E-state index contributed by atoms with van der Waals surface area (Å²) in [4.78, 5) is 11.6. The van der Waals surface area contributed by atoms with Crippen LogP contribution in [0.1, 0.15) is 19.3 Å². The summed E-state index contributed by atoms with van der Waals surface area (Å²) in [6, 6.07) is 6.00. The molecule has 0 saturated carbocycles. The fraction of sp³-hybridized carbons (Fsp3) is 0.364. The molecular formula is C11H13ClNNaO3S. The first-order valence-electron chi connectivity index (χ1n) is 5.18. The molecule has 0 spiro atoms. The third-order valence-corrected chi connectivity index (χ3v) is 3.04. The third kappa shape index (κ3) is 6.87. The Kier molecular flexibility index (Phi) is 10.00. The number of benzene rings is 1. The number of carbonyl (C=O) groups is 1. The van der Waals surface area contributed by atoms with E-state index < -0.39 is 11.1 Å². The molecule has 0 fully saturated rings. The molecule has 0 bridgehead atoms. The molecule has 1 aromatic rings. The van der Waals surface area contributed by atoms with Gasteiger partial charge in [0.1, 0.15) is 0 Å². The Morgan fingerprint density at radius 2 is 1.89 bits per heavy atom. The molecule has 1 aromatic carbocycles. The second kappa shape index (κ2) is 9.95. The number of unbranched alkanes of at least 4 members (excludes halogenated alkanes) is 1. The number of nitrogens with one attached hydrogen (secondary N) is 1. The molecule has 0 aliphatic carbocycles. The van der Waals surface area contributed by atoms with Crippen LogP contribution >= 0.6 is 11.6 Å². The molecular weight excluding hydrogens is 285 g/mol. The van der Waals surface area contributed by atoms with E-state index in [1.165, 1.54) is 12.1 Å². The maximum Gasteiger partial charge on any atom is 1.00 e. The van der Waals surface area contributed by atoms with E-state index in [9.17, 15) is 13.6 Å². The monoisotopic (exact) mass is 297 g/mol. The van der Waals surface area contributed by atoms with Gasteiger partial charge in [-0.2, -0.15) is 0 Å². The fourth-order valence-corrected chi connectivity index (χ4v) is 1.80.